The van der Waals surface area contributed by atoms with Crippen molar-refractivity contribution in [3.63, 3.8) is 0 Å². The summed E-state index contributed by atoms with van der Waals surface area (Å²) in [4.78, 5) is 17.7. The summed E-state index contributed by atoms with van der Waals surface area (Å²) in [6, 6.07) is 15.3. The van der Waals surface area contributed by atoms with Gasteiger partial charge in [0.05, 0.1) is 5.69 Å². The number of piperidine rings is 1. The molecule has 160 valence electrons. The third-order valence-corrected chi connectivity index (χ3v) is 6.84. The number of aromatic nitrogens is 1. The molecule has 1 amide bonds. The number of amides is 1. The molecule has 1 spiro atoms. The number of anilines is 1. The zero-order valence-corrected chi connectivity index (χ0v) is 17.9. The second-order valence-corrected chi connectivity index (χ2v) is 8.79. The number of benzene rings is 2. The molecule has 0 atom stereocenters. The van der Waals surface area contributed by atoms with E-state index in [0.717, 1.165) is 43.7 Å². The molecule has 0 saturated carbocycles. The van der Waals surface area contributed by atoms with Gasteiger partial charge in [0.2, 0.25) is 0 Å². The predicted molar refractivity (Wildman–Crippen MR) is 117 cm³/mol. The number of carbonyl (C=O) groups is 1. The monoisotopic (exact) mass is 419 g/mol. The molecule has 2 aliphatic heterocycles. The quantitative estimate of drug-likeness (QED) is 0.621. The molecule has 0 aliphatic carbocycles. The van der Waals surface area contributed by atoms with E-state index >= 15 is 0 Å². The minimum atomic E-state index is -0.253. The zero-order valence-electron chi connectivity index (χ0n) is 17.9. The van der Waals surface area contributed by atoms with Crippen LogP contribution in [0.5, 0.6) is 0 Å². The highest BCUT2D eigenvalue weighted by atomic mass is 19.1. The SMILES string of the molecule is Cc1noc(C)c1C(=O)N1CC2(CCN(Cc3ccccc3)CC2)c2cc(F)ccc21. The Morgan fingerprint density at radius 2 is 1.87 bits per heavy atom. The Kier molecular flexibility index (Phi) is 4.89. The Balaban J connectivity index is 1.42. The Labute approximate surface area is 181 Å². The second kappa shape index (κ2) is 7.61. The smallest absolute Gasteiger partial charge is 0.263 e. The van der Waals surface area contributed by atoms with Crippen LogP contribution in [0.1, 0.15) is 45.8 Å². The topological polar surface area (TPSA) is 49.6 Å². The molecule has 0 unspecified atom stereocenters. The van der Waals surface area contributed by atoms with Gasteiger partial charge in [0.1, 0.15) is 17.1 Å². The number of hydrogen-bond donors (Lipinski definition) is 0. The molecule has 1 fully saturated rings. The largest absolute Gasteiger partial charge is 0.361 e. The molecule has 0 radical (unpaired) electrons. The average Bonchev–Trinajstić information content (AvgIpc) is 3.27. The lowest BCUT2D eigenvalue weighted by atomic mass is 9.74. The van der Waals surface area contributed by atoms with Crippen LogP contribution in [-0.4, -0.2) is 35.6 Å². The van der Waals surface area contributed by atoms with Gasteiger partial charge in [-0.3, -0.25) is 9.69 Å². The van der Waals surface area contributed by atoms with E-state index in [9.17, 15) is 9.18 Å². The van der Waals surface area contributed by atoms with E-state index in [-0.39, 0.29) is 17.1 Å². The first-order valence-corrected chi connectivity index (χ1v) is 10.8. The lowest BCUT2D eigenvalue weighted by Gasteiger charge is -2.40. The van der Waals surface area contributed by atoms with E-state index in [4.69, 9.17) is 4.52 Å². The number of hydrogen-bond acceptors (Lipinski definition) is 4. The molecular weight excluding hydrogens is 393 g/mol. The first-order valence-electron chi connectivity index (χ1n) is 10.8. The number of rotatable bonds is 3. The fourth-order valence-electron chi connectivity index (χ4n) is 5.15. The lowest BCUT2D eigenvalue weighted by molar-refractivity contribution is 0.0973. The highest BCUT2D eigenvalue weighted by molar-refractivity contribution is 6.09. The third-order valence-electron chi connectivity index (χ3n) is 6.84. The molecule has 3 heterocycles. The van der Waals surface area contributed by atoms with Crippen molar-refractivity contribution >= 4 is 11.6 Å². The minimum Gasteiger partial charge on any atom is -0.361 e. The van der Waals surface area contributed by atoms with Gasteiger partial charge in [0.25, 0.3) is 5.91 Å². The van der Waals surface area contributed by atoms with Crippen LogP contribution in [0.15, 0.2) is 53.1 Å². The zero-order chi connectivity index (χ0) is 21.6. The fourth-order valence-corrected chi connectivity index (χ4v) is 5.15. The summed E-state index contributed by atoms with van der Waals surface area (Å²) in [6.45, 7) is 6.84. The van der Waals surface area contributed by atoms with Crippen molar-refractivity contribution in [2.75, 3.05) is 24.5 Å². The Hall–Kier alpha value is -2.99. The first kappa shape index (κ1) is 19.9. The first-order chi connectivity index (χ1) is 15.0. The molecule has 5 nitrogen and oxygen atoms in total. The molecule has 3 aromatic rings. The summed E-state index contributed by atoms with van der Waals surface area (Å²) in [6.07, 6.45) is 1.78. The van der Waals surface area contributed by atoms with Gasteiger partial charge < -0.3 is 9.42 Å². The summed E-state index contributed by atoms with van der Waals surface area (Å²) >= 11 is 0. The molecule has 1 aromatic heterocycles. The normalized spacial score (nSPS) is 17.8. The van der Waals surface area contributed by atoms with Gasteiger partial charge in [-0.2, -0.15) is 0 Å². The van der Waals surface area contributed by atoms with Gasteiger partial charge in [-0.1, -0.05) is 35.5 Å². The molecule has 0 bridgehead atoms. The number of nitrogens with zero attached hydrogens (tertiary/aromatic N) is 3. The van der Waals surface area contributed by atoms with Crippen molar-refractivity contribution in [1.82, 2.24) is 10.1 Å². The van der Waals surface area contributed by atoms with E-state index < -0.39 is 0 Å². The van der Waals surface area contributed by atoms with Crippen molar-refractivity contribution < 1.29 is 13.7 Å². The Morgan fingerprint density at radius 3 is 2.55 bits per heavy atom. The van der Waals surface area contributed by atoms with Crippen LogP contribution >= 0.6 is 0 Å². The molecule has 2 aliphatic rings. The summed E-state index contributed by atoms with van der Waals surface area (Å²) in [7, 11) is 0. The van der Waals surface area contributed by atoms with Crippen LogP contribution in [-0.2, 0) is 12.0 Å². The summed E-state index contributed by atoms with van der Waals surface area (Å²) < 4.78 is 19.5. The maximum Gasteiger partial charge on any atom is 0.263 e. The highest BCUT2D eigenvalue weighted by Gasteiger charge is 2.47. The van der Waals surface area contributed by atoms with Crippen LogP contribution in [0.25, 0.3) is 0 Å². The van der Waals surface area contributed by atoms with E-state index in [1.807, 2.05) is 6.07 Å². The van der Waals surface area contributed by atoms with Gasteiger partial charge in [0, 0.05) is 24.2 Å². The van der Waals surface area contributed by atoms with Gasteiger partial charge in [-0.15, -0.1) is 0 Å². The summed E-state index contributed by atoms with van der Waals surface area (Å²) in [5.41, 5.74) is 3.93. The molecule has 1 saturated heterocycles. The Bertz CT molecular complexity index is 1100. The van der Waals surface area contributed by atoms with Crippen LogP contribution in [0.3, 0.4) is 0 Å². The molecule has 2 aromatic carbocycles. The van der Waals surface area contributed by atoms with E-state index in [1.54, 1.807) is 30.9 Å². The number of carbonyl (C=O) groups excluding carboxylic acids is 1. The van der Waals surface area contributed by atoms with Crippen LogP contribution in [0.2, 0.25) is 0 Å². The van der Waals surface area contributed by atoms with Crippen LogP contribution in [0.4, 0.5) is 10.1 Å². The molecule has 0 N–H and O–H groups in total. The maximum atomic E-state index is 14.3. The molecular formula is C25H26FN3O2. The van der Waals surface area contributed by atoms with Crippen LogP contribution in [0, 0.1) is 19.7 Å². The van der Waals surface area contributed by atoms with Gasteiger partial charge in [0.15, 0.2) is 0 Å². The number of likely N-dealkylation sites (tertiary alicyclic amines) is 1. The van der Waals surface area contributed by atoms with Crippen molar-refractivity contribution in [1.29, 1.82) is 0 Å². The number of halogens is 1. The second-order valence-electron chi connectivity index (χ2n) is 8.79. The van der Waals surface area contributed by atoms with Crippen molar-refractivity contribution in [3.05, 3.63) is 82.5 Å². The van der Waals surface area contributed by atoms with E-state index in [2.05, 4.69) is 34.3 Å². The van der Waals surface area contributed by atoms with Crippen molar-refractivity contribution in [2.45, 2.75) is 38.6 Å². The van der Waals surface area contributed by atoms with Gasteiger partial charge in [-0.05, 0) is 69.1 Å². The molecule has 5 rings (SSSR count). The average molecular weight is 420 g/mol. The van der Waals surface area contributed by atoms with E-state index in [0.29, 0.717) is 23.6 Å². The highest BCUT2D eigenvalue weighted by Crippen LogP contribution is 2.48. The molecule has 31 heavy (non-hydrogen) atoms. The lowest BCUT2D eigenvalue weighted by Crippen LogP contribution is -2.45. The van der Waals surface area contributed by atoms with Gasteiger partial charge >= 0.3 is 0 Å². The predicted octanol–water partition coefficient (Wildman–Crippen LogP) is 4.62. The standard InChI is InChI=1S/C25H26FN3O2/c1-17-23(18(2)31-27-17)24(30)29-16-25(21-14-20(26)8-9-22(21)29)10-12-28(13-11-25)15-19-6-4-3-5-7-19/h3-9,14H,10-13,15-16H2,1-2H3. The third kappa shape index (κ3) is 3.45. The van der Waals surface area contributed by atoms with Crippen molar-refractivity contribution in [3.8, 4) is 0 Å². The summed E-state index contributed by atoms with van der Waals surface area (Å²) in [5.74, 6) is 0.147. The van der Waals surface area contributed by atoms with Crippen LogP contribution < -0.4 is 4.90 Å². The fraction of sp³-hybridized carbons (Fsp3) is 0.360. The Morgan fingerprint density at radius 1 is 1.13 bits per heavy atom. The maximum absolute atomic E-state index is 14.3. The van der Waals surface area contributed by atoms with Crippen molar-refractivity contribution in [2.24, 2.45) is 0 Å². The summed E-state index contributed by atoms with van der Waals surface area (Å²) in [5, 5.41) is 3.94. The van der Waals surface area contributed by atoms with E-state index in [1.165, 1.54) is 11.6 Å². The number of fused-ring (bicyclic) bond motifs is 2. The van der Waals surface area contributed by atoms with Gasteiger partial charge in [-0.25, -0.2) is 4.39 Å². The molecule has 6 heteroatoms. The minimum absolute atomic E-state index is 0.118. The number of aryl methyl sites for hydroxylation is 2.